The summed E-state index contributed by atoms with van der Waals surface area (Å²) in [4.78, 5) is 3.96. The van der Waals surface area contributed by atoms with Gasteiger partial charge in [0.2, 0.25) is 0 Å². The Bertz CT molecular complexity index is 443. The van der Waals surface area contributed by atoms with Gasteiger partial charge in [-0.15, -0.1) is 0 Å². The number of nitrogens with zero attached hydrogens (tertiary/aromatic N) is 3. The molecular weight excluding hydrogens is 219 g/mol. The Hall–Kier alpha value is -1.75. The Morgan fingerprint density at radius 1 is 1.29 bits per heavy atom. The maximum atomic E-state index is 12.4. The summed E-state index contributed by atoms with van der Waals surface area (Å²) >= 11 is 0. The van der Waals surface area contributed by atoms with Crippen LogP contribution in [0.1, 0.15) is 5.69 Å². The van der Waals surface area contributed by atoms with Gasteiger partial charge in [0.15, 0.2) is 0 Å². The fourth-order valence-corrected chi connectivity index (χ4v) is 1.74. The first-order valence-electron chi connectivity index (χ1n) is 5.58. The molecule has 5 heteroatoms. The van der Waals surface area contributed by atoms with E-state index in [2.05, 4.69) is 10.1 Å². The molecule has 0 amide bonds. The third-order valence-electron chi connectivity index (χ3n) is 2.54. The molecule has 2 aromatic heterocycles. The number of aromatic nitrogens is 3. The van der Waals surface area contributed by atoms with E-state index in [0.29, 0.717) is 13.0 Å². The lowest BCUT2D eigenvalue weighted by atomic mass is 10.2. The summed E-state index contributed by atoms with van der Waals surface area (Å²) in [5, 5.41) is 4.38. The molecule has 0 aliphatic carbocycles. The van der Waals surface area contributed by atoms with E-state index in [1.54, 1.807) is 17.1 Å². The van der Waals surface area contributed by atoms with Gasteiger partial charge >= 0.3 is 0 Å². The zero-order chi connectivity index (χ0) is 12.1. The summed E-state index contributed by atoms with van der Waals surface area (Å²) < 4.78 is 14.1. The molecule has 0 spiro atoms. The van der Waals surface area contributed by atoms with Crippen molar-refractivity contribution in [1.82, 2.24) is 14.8 Å². The van der Waals surface area contributed by atoms with Crippen LogP contribution in [-0.4, -0.2) is 28.0 Å². The van der Waals surface area contributed by atoms with Crippen LogP contribution in [0.25, 0.3) is 11.3 Å². The van der Waals surface area contributed by atoms with Crippen LogP contribution in [0.3, 0.4) is 0 Å². The minimum atomic E-state index is -0.422. The van der Waals surface area contributed by atoms with Crippen LogP contribution in [-0.2, 0) is 13.0 Å². The van der Waals surface area contributed by atoms with E-state index in [-0.39, 0.29) is 6.54 Å². The highest BCUT2D eigenvalue weighted by Gasteiger charge is 2.08. The number of rotatable bonds is 5. The van der Waals surface area contributed by atoms with Crippen molar-refractivity contribution in [2.45, 2.75) is 13.0 Å². The van der Waals surface area contributed by atoms with Crippen LogP contribution in [0.4, 0.5) is 4.39 Å². The third-order valence-corrected chi connectivity index (χ3v) is 2.54. The highest BCUT2D eigenvalue weighted by molar-refractivity contribution is 5.58. The summed E-state index contributed by atoms with van der Waals surface area (Å²) in [5.74, 6) is 0. The molecule has 0 radical (unpaired) electrons. The highest BCUT2D eigenvalue weighted by Crippen LogP contribution is 2.18. The van der Waals surface area contributed by atoms with Gasteiger partial charge in [0.1, 0.15) is 6.67 Å². The molecule has 0 saturated heterocycles. The lowest BCUT2D eigenvalue weighted by Gasteiger charge is -2.02. The lowest BCUT2D eigenvalue weighted by molar-refractivity contribution is 0.420. The van der Waals surface area contributed by atoms with E-state index >= 15 is 0 Å². The molecule has 0 atom stereocenters. The Labute approximate surface area is 99.3 Å². The zero-order valence-corrected chi connectivity index (χ0v) is 9.51. The summed E-state index contributed by atoms with van der Waals surface area (Å²) in [7, 11) is 0. The predicted octanol–water partition coefficient (Wildman–Crippen LogP) is 1.42. The van der Waals surface area contributed by atoms with Crippen molar-refractivity contribution in [3.05, 3.63) is 36.3 Å². The largest absolute Gasteiger partial charge is 0.330 e. The summed E-state index contributed by atoms with van der Waals surface area (Å²) in [6.07, 6.45) is 4.14. The van der Waals surface area contributed by atoms with Crippen molar-refractivity contribution in [1.29, 1.82) is 0 Å². The minimum absolute atomic E-state index is 0.278. The molecule has 2 N–H and O–H groups in total. The zero-order valence-electron chi connectivity index (χ0n) is 9.51. The van der Waals surface area contributed by atoms with E-state index < -0.39 is 6.67 Å². The SMILES string of the molecule is NCCc1cc(-c2ccncc2)nn1CCF. The third kappa shape index (κ3) is 2.68. The van der Waals surface area contributed by atoms with Gasteiger partial charge in [0.05, 0.1) is 12.2 Å². The molecular formula is C12H15FN4. The van der Waals surface area contributed by atoms with Gasteiger partial charge in [0, 0.05) is 30.1 Å². The summed E-state index contributed by atoms with van der Waals surface area (Å²) in [6, 6.07) is 5.72. The molecule has 2 rings (SSSR count). The Balaban J connectivity index is 2.33. The molecule has 0 aromatic carbocycles. The molecule has 0 bridgehead atoms. The molecule has 0 fully saturated rings. The normalized spacial score (nSPS) is 10.7. The molecule has 2 aromatic rings. The molecule has 2 heterocycles. The van der Waals surface area contributed by atoms with Gasteiger partial charge in [-0.3, -0.25) is 9.67 Å². The van der Waals surface area contributed by atoms with Crippen molar-refractivity contribution >= 4 is 0 Å². The quantitative estimate of drug-likeness (QED) is 0.851. The smallest absolute Gasteiger partial charge is 0.109 e. The fourth-order valence-electron chi connectivity index (χ4n) is 1.74. The molecule has 90 valence electrons. The molecule has 0 saturated carbocycles. The standard InChI is InChI=1S/C12H15FN4/c13-4-8-17-11(1-5-14)9-12(16-17)10-2-6-15-7-3-10/h2-3,6-7,9H,1,4-5,8,14H2. The number of hydrogen-bond donors (Lipinski definition) is 1. The number of pyridine rings is 1. The first kappa shape index (κ1) is 11.7. The summed E-state index contributed by atoms with van der Waals surface area (Å²) in [6.45, 7) is 0.392. The van der Waals surface area contributed by atoms with Crippen LogP contribution >= 0.6 is 0 Å². The highest BCUT2D eigenvalue weighted by atomic mass is 19.1. The predicted molar refractivity (Wildman–Crippen MR) is 64.2 cm³/mol. The lowest BCUT2D eigenvalue weighted by Crippen LogP contribution is -2.11. The average Bonchev–Trinajstić information content (AvgIpc) is 2.75. The topological polar surface area (TPSA) is 56.7 Å². The van der Waals surface area contributed by atoms with Crippen molar-refractivity contribution in [2.75, 3.05) is 13.2 Å². The van der Waals surface area contributed by atoms with Crippen molar-refractivity contribution in [3.8, 4) is 11.3 Å². The number of halogens is 1. The van der Waals surface area contributed by atoms with Crippen LogP contribution < -0.4 is 5.73 Å². The van der Waals surface area contributed by atoms with Crippen LogP contribution in [0.2, 0.25) is 0 Å². The second-order valence-corrected chi connectivity index (χ2v) is 3.71. The van der Waals surface area contributed by atoms with E-state index in [9.17, 15) is 4.39 Å². The van der Waals surface area contributed by atoms with Gasteiger partial charge in [-0.1, -0.05) is 0 Å². The van der Waals surface area contributed by atoms with Gasteiger partial charge in [0.25, 0.3) is 0 Å². The second-order valence-electron chi connectivity index (χ2n) is 3.71. The molecule has 4 nitrogen and oxygen atoms in total. The Morgan fingerprint density at radius 3 is 2.71 bits per heavy atom. The molecule has 0 unspecified atom stereocenters. The Morgan fingerprint density at radius 2 is 2.06 bits per heavy atom. The number of hydrogen-bond acceptors (Lipinski definition) is 3. The summed E-state index contributed by atoms with van der Waals surface area (Å²) in [5.41, 5.74) is 8.32. The van der Waals surface area contributed by atoms with Gasteiger partial charge in [-0.2, -0.15) is 5.10 Å². The van der Waals surface area contributed by atoms with E-state index in [4.69, 9.17) is 5.73 Å². The molecule has 0 aliphatic heterocycles. The molecule has 0 aliphatic rings. The number of nitrogens with two attached hydrogens (primary N) is 1. The maximum Gasteiger partial charge on any atom is 0.109 e. The monoisotopic (exact) mass is 234 g/mol. The first-order valence-corrected chi connectivity index (χ1v) is 5.58. The molecule has 17 heavy (non-hydrogen) atoms. The van der Waals surface area contributed by atoms with Crippen molar-refractivity contribution in [2.24, 2.45) is 5.73 Å². The Kier molecular flexibility index (Phi) is 3.82. The van der Waals surface area contributed by atoms with E-state index in [1.807, 2.05) is 18.2 Å². The van der Waals surface area contributed by atoms with Crippen molar-refractivity contribution in [3.63, 3.8) is 0 Å². The number of aryl methyl sites for hydroxylation is 1. The number of alkyl halides is 1. The fraction of sp³-hybridized carbons (Fsp3) is 0.333. The van der Waals surface area contributed by atoms with E-state index in [0.717, 1.165) is 17.0 Å². The minimum Gasteiger partial charge on any atom is -0.330 e. The second kappa shape index (κ2) is 5.54. The van der Waals surface area contributed by atoms with Crippen LogP contribution in [0.5, 0.6) is 0 Å². The van der Waals surface area contributed by atoms with Gasteiger partial charge in [-0.05, 0) is 24.7 Å². The van der Waals surface area contributed by atoms with Crippen LogP contribution in [0.15, 0.2) is 30.6 Å². The maximum absolute atomic E-state index is 12.4. The van der Waals surface area contributed by atoms with Gasteiger partial charge < -0.3 is 5.73 Å². The average molecular weight is 234 g/mol. The van der Waals surface area contributed by atoms with Crippen molar-refractivity contribution < 1.29 is 4.39 Å². The first-order chi connectivity index (χ1) is 8.35. The van der Waals surface area contributed by atoms with Gasteiger partial charge in [-0.25, -0.2) is 4.39 Å². The van der Waals surface area contributed by atoms with Crippen LogP contribution in [0, 0.1) is 0 Å². The van der Waals surface area contributed by atoms with E-state index in [1.165, 1.54) is 0 Å².